The lowest BCUT2D eigenvalue weighted by molar-refractivity contribution is 1.14. The van der Waals surface area contributed by atoms with Crippen LogP contribution in [0.4, 0.5) is 0 Å². The first-order valence-corrected chi connectivity index (χ1v) is 12.5. The normalized spacial score (nSPS) is 13.9. The fourth-order valence-corrected chi connectivity index (χ4v) is 5.46. The highest BCUT2D eigenvalue weighted by molar-refractivity contribution is 5.95. The Morgan fingerprint density at radius 2 is 1.18 bits per heavy atom. The van der Waals surface area contributed by atoms with E-state index in [2.05, 4.69) is 88.8 Å². The average molecular weight is 451 g/mol. The summed E-state index contributed by atoms with van der Waals surface area (Å²) in [6.07, 6.45) is 2.88. The number of fused-ring (bicyclic) bond motifs is 8. The molecule has 0 unspecified atom stereocenters. The number of nitrogens with zero attached hydrogens (tertiary/aromatic N) is 2. The van der Waals surface area contributed by atoms with Gasteiger partial charge in [0.15, 0.2) is 0 Å². The van der Waals surface area contributed by atoms with Crippen LogP contribution in [0.2, 0.25) is 0 Å². The van der Waals surface area contributed by atoms with Crippen LogP contribution in [0, 0.1) is 13.8 Å². The second kappa shape index (κ2) is 8.43. The number of aromatic amines is 2. The average Bonchev–Trinajstić information content (AvgIpc) is 3.48. The van der Waals surface area contributed by atoms with Gasteiger partial charge in [-0.25, -0.2) is 9.97 Å². The van der Waals surface area contributed by atoms with E-state index in [1.165, 1.54) is 39.0 Å². The van der Waals surface area contributed by atoms with Crippen LogP contribution in [0.3, 0.4) is 0 Å². The molecule has 2 aliphatic heterocycles. The minimum absolute atomic E-state index is 0.949. The molecular weight excluding hydrogens is 416 g/mol. The van der Waals surface area contributed by atoms with Gasteiger partial charge in [0.05, 0.1) is 22.8 Å². The van der Waals surface area contributed by atoms with Crippen molar-refractivity contribution in [3.8, 4) is 0 Å². The number of hydrogen-bond donors (Lipinski definition) is 2. The topological polar surface area (TPSA) is 57.4 Å². The molecule has 0 saturated heterocycles. The van der Waals surface area contributed by atoms with Crippen molar-refractivity contribution in [2.75, 3.05) is 0 Å². The van der Waals surface area contributed by atoms with Crippen LogP contribution in [0.25, 0.3) is 44.4 Å². The Kier molecular flexibility index (Phi) is 5.55. The van der Waals surface area contributed by atoms with E-state index in [9.17, 15) is 0 Å². The third-order valence-corrected chi connectivity index (χ3v) is 7.50. The molecule has 3 aromatic heterocycles. The number of rotatable bonds is 3. The molecule has 0 saturated carbocycles. The third kappa shape index (κ3) is 3.53. The molecule has 0 aromatic carbocycles. The lowest BCUT2D eigenvalue weighted by Crippen LogP contribution is -1.84. The van der Waals surface area contributed by atoms with Crippen molar-refractivity contribution in [3.63, 3.8) is 0 Å². The smallest absolute Gasteiger partial charge is 0.0693 e. The lowest BCUT2D eigenvalue weighted by Gasteiger charge is -2.01. The van der Waals surface area contributed by atoms with Crippen molar-refractivity contribution >= 4 is 44.4 Å². The molecule has 5 heterocycles. The third-order valence-electron chi connectivity index (χ3n) is 7.50. The molecule has 2 aliphatic rings. The van der Waals surface area contributed by atoms with Crippen LogP contribution in [0.5, 0.6) is 0 Å². The molecular formula is C30H34N4. The van der Waals surface area contributed by atoms with Crippen LogP contribution in [-0.4, -0.2) is 19.9 Å². The lowest BCUT2D eigenvalue weighted by atomic mass is 10.0. The fourth-order valence-electron chi connectivity index (χ4n) is 5.46. The van der Waals surface area contributed by atoms with E-state index in [1.807, 2.05) is 0 Å². The van der Waals surface area contributed by atoms with Gasteiger partial charge in [0.2, 0.25) is 0 Å². The molecule has 5 rings (SSSR count). The zero-order valence-electron chi connectivity index (χ0n) is 21.4. The van der Waals surface area contributed by atoms with Gasteiger partial charge in [-0.3, -0.25) is 0 Å². The van der Waals surface area contributed by atoms with Crippen molar-refractivity contribution in [3.05, 3.63) is 69.8 Å². The molecule has 0 spiro atoms. The van der Waals surface area contributed by atoms with Crippen molar-refractivity contribution in [1.82, 2.24) is 19.9 Å². The molecule has 34 heavy (non-hydrogen) atoms. The molecule has 3 aromatic rings. The number of hydrogen-bond acceptors (Lipinski definition) is 2. The Bertz CT molecular complexity index is 1540. The Balaban J connectivity index is 1.96. The van der Waals surface area contributed by atoms with Crippen LogP contribution >= 0.6 is 0 Å². The maximum Gasteiger partial charge on any atom is 0.0693 e. The summed E-state index contributed by atoms with van der Waals surface area (Å²) in [6, 6.07) is 11.1. The van der Waals surface area contributed by atoms with E-state index in [0.29, 0.717) is 0 Å². The van der Waals surface area contributed by atoms with Gasteiger partial charge < -0.3 is 9.97 Å². The highest BCUT2D eigenvalue weighted by Gasteiger charge is 2.19. The maximum atomic E-state index is 5.10. The quantitative estimate of drug-likeness (QED) is 0.423. The van der Waals surface area contributed by atoms with Crippen LogP contribution in [0.1, 0.15) is 86.9 Å². The van der Waals surface area contributed by atoms with E-state index in [0.717, 1.165) is 64.1 Å². The second-order valence-corrected chi connectivity index (χ2v) is 9.49. The predicted octanol–water partition coefficient (Wildman–Crippen LogP) is 8.18. The van der Waals surface area contributed by atoms with Gasteiger partial charge >= 0.3 is 0 Å². The van der Waals surface area contributed by atoms with E-state index in [4.69, 9.17) is 9.97 Å². The van der Waals surface area contributed by atoms with Crippen LogP contribution in [-0.2, 0) is 6.42 Å². The first kappa shape index (κ1) is 22.4. The van der Waals surface area contributed by atoms with Gasteiger partial charge in [0.25, 0.3) is 0 Å². The van der Waals surface area contributed by atoms with E-state index < -0.39 is 0 Å². The van der Waals surface area contributed by atoms with Gasteiger partial charge in [-0.2, -0.15) is 0 Å². The number of aryl methyl sites for hydroxylation is 3. The van der Waals surface area contributed by atoms with Gasteiger partial charge in [0, 0.05) is 22.1 Å². The minimum atomic E-state index is 0.949. The van der Waals surface area contributed by atoms with Gasteiger partial charge in [-0.05, 0) is 116 Å². The molecule has 0 fully saturated rings. The van der Waals surface area contributed by atoms with Crippen molar-refractivity contribution in [2.24, 2.45) is 0 Å². The monoisotopic (exact) mass is 450 g/mol. The molecule has 4 nitrogen and oxygen atoms in total. The summed E-state index contributed by atoms with van der Waals surface area (Å²) in [7, 11) is 0. The summed E-state index contributed by atoms with van der Waals surface area (Å²) in [4.78, 5) is 17.5. The van der Waals surface area contributed by atoms with Crippen molar-refractivity contribution in [2.45, 2.75) is 67.7 Å². The fraction of sp³-hybridized carbons (Fsp3) is 0.333. The van der Waals surface area contributed by atoms with Crippen LogP contribution < -0.4 is 0 Å². The number of H-pyrrole nitrogens is 2. The van der Waals surface area contributed by atoms with Gasteiger partial charge in [-0.1, -0.05) is 20.8 Å². The SMILES string of the molecule is CCC1=C(C)c2cc3[nH]c(cc4cc(C)c(cc5nc(cc1n2)C(C)=C5CC)[nH]4)c(CC)c3C. The Labute approximate surface area is 201 Å². The molecule has 8 bridgehead atoms. The van der Waals surface area contributed by atoms with Crippen molar-refractivity contribution in [1.29, 1.82) is 0 Å². The largest absolute Gasteiger partial charge is 0.355 e. The number of nitrogens with one attached hydrogen (secondary N) is 2. The predicted molar refractivity (Wildman–Crippen MR) is 145 cm³/mol. The Hall–Kier alpha value is -3.40. The second-order valence-electron chi connectivity index (χ2n) is 9.49. The van der Waals surface area contributed by atoms with E-state index in [-0.39, 0.29) is 0 Å². The molecule has 4 heteroatoms. The highest BCUT2D eigenvalue weighted by atomic mass is 14.8. The summed E-state index contributed by atoms with van der Waals surface area (Å²) >= 11 is 0. The number of aromatic nitrogens is 4. The summed E-state index contributed by atoms with van der Waals surface area (Å²) < 4.78 is 0. The Morgan fingerprint density at radius 1 is 0.588 bits per heavy atom. The summed E-state index contributed by atoms with van der Waals surface area (Å²) in [5.74, 6) is 0. The highest BCUT2D eigenvalue weighted by Crippen LogP contribution is 2.36. The molecule has 174 valence electrons. The number of allylic oxidation sites excluding steroid dienone is 4. The van der Waals surface area contributed by atoms with E-state index in [1.54, 1.807) is 0 Å². The molecule has 0 atom stereocenters. The van der Waals surface area contributed by atoms with Crippen LogP contribution in [0.15, 0.2) is 30.3 Å². The molecule has 0 amide bonds. The summed E-state index contributed by atoms with van der Waals surface area (Å²) in [5, 5.41) is 0. The zero-order valence-corrected chi connectivity index (χ0v) is 21.4. The first-order valence-electron chi connectivity index (χ1n) is 12.5. The minimum Gasteiger partial charge on any atom is -0.355 e. The first-order chi connectivity index (χ1) is 16.3. The summed E-state index contributed by atoms with van der Waals surface area (Å²) in [6.45, 7) is 15.4. The standard InChI is InChI=1S/C30H34N4/c1-8-21-17(5)25-14-26-18(6)23(10-3)30(33-26)15-27-19(7)22(9-2)29(34-27)13-24-16(4)11-20(31-24)12-28(21)32-25/h11-15,31-32H,8-10H2,1-7H3. The van der Waals surface area contributed by atoms with Gasteiger partial charge in [0.1, 0.15) is 0 Å². The molecule has 0 radical (unpaired) electrons. The van der Waals surface area contributed by atoms with Crippen molar-refractivity contribution < 1.29 is 0 Å². The summed E-state index contributed by atoms with van der Waals surface area (Å²) in [5.41, 5.74) is 17.7. The van der Waals surface area contributed by atoms with Gasteiger partial charge in [-0.15, -0.1) is 0 Å². The van der Waals surface area contributed by atoms with E-state index >= 15 is 0 Å². The molecule has 2 N–H and O–H groups in total. The maximum absolute atomic E-state index is 5.10. The Morgan fingerprint density at radius 3 is 1.79 bits per heavy atom. The zero-order chi connectivity index (χ0) is 24.1. The molecule has 0 aliphatic carbocycles.